The summed E-state index contributed by atoms with van der Waals surface area (Å²) in [7, 11) is 5.20. The number of likely N-dealkylation sites (N-methyl/N-ethyl adjacent to an activating group) is 1. The number of esters is 1. The predicted octanol–water partition coefficient (Wildman–Crippen LogP) is 3.89. The molecular formula is C41H57N5O10. The van der Waals surface area contributed by atoms with Crippen molar-refractivity contribution >= 4 is 34.6 Å². The van der Waals surface area contributed by atoms with Crippen LogP contribution in [0.25, 0.3) is 11.0 Å². The van der Waals surface area contributed by atoms with E-state index in [9.17, 15) is 19.5 Å². The van der Waals surface area contributed by atoms with Crippen LogP contribution in [0.1, 0.15) is 73.3 Å². The maximum atomic E-state index is 14.5. The van der Waals surface area contributed by atoms with E-state index in [1.54, 1.807) is 19.3 Å². The van der Waals surface area contributed by atoms with Crippen LogP contribution in [0.5, 0.6) is 0 Å². The van der Waals surface area contributed by atoms with E-state index in [-0.39, 0.29) is 25.2 Å². The van der Waals surface area contributed by atoms with E-state index in [0.29, 0.717) is 29.6 Å². The summed E-state index contributed by atoms with van der Waals surface area (Å²) in [5.74, 6) is 1.98. The van der Waals surface area contributed by atoms with Crippen LogP contribution in [0, 0.1) is 35.5 Å². The first-order valence-corrected chi connectivity index (χ1v) is 19.4. The van der Waals surface area contributed by atoms with Gasteiger partial charge in [0.25, 0.3) is 0 Å². The molecule has 3 fully saturated rings. The van der Waals surface area contributed by atoms with E-state index < -0.39 is 83.9 Å². The first kappa shape index (κ1) is 42.9. The number of amides is 1. The number of benzene rings is 1. The number of fused-ring (bicyclic) bond motifs is 2. The van der Waals surface area contributed by atoms with Gasteiger partial charge >= 0.3 is 12.1 Å². The van der Waals surface area contributed by atoms with Crippen molar-refractivity contribution < 1.29 is 48.0 Å². The average molecular weight is 780 g/mol. The van der Waals surface area contributed by atoms with Crippen molar-refractivity contribution in [2.45, 2.75) is 122 Å². The van der Waals surface area contributed by atoms with E-state index in [4.69, 9.17) is 28.5 Å². The topological polar surface area (TPSA) is 180 Å². The number of ether oxygens (including phenoxy) is 5. The zero-order chi connectivity index (χ0) is 40.9. The van der Waals surface area contributed by atoms with Crippen molar-refractivity contribution in [1.29, 1.82) is 0 Å². The average Bonchev–Trinajstić information content (AvgIpc) is 3.56. The monoisotopic (exact) mass is 779 g/mol. The van der Waals surface area contributed by atoms with Crippen molar-refractivity contribution in [3.63, 3.8) is 0 Å². The maximum absolute atomic E-state index is 14.5. The summed E-state index contributed by atoms with van der Waals surface area (Å²) in [6.45, 7) is 12.5. The molecule has 3 aliphatic rings. The molecule has 1 amide bonds. The first-order chi connectivity index (χ1) is 26.6. The zero-order valence-corrected chi connectivity index (χ0v) is 34.1. The number of aliphatic hydroxyl groups is 1. The number of hydrogen-bond donors (Lipinski definition) is 2. The number of nitrogens with zero attached hydrogens (tertiary/aromatic N) is 4. The van der Waals surface area contributed by atoms with Crippen molar-refractivity contribution in [2.75, 3.05) is 27.8 Å². The summed E-state index contributed by atoms with van der Waals surface area (Å²) in [5.41, 5.74) is 1.41. The lowest BCUT2D eigenvalue weighted by atomic mass is 9.75. The molecule has 0 saturated carbocycles. The fraction of sp³-hybridized carbons (Fsp3) is 0.659. The third kappa shape index (κ3) is 9.49. The molecule has 15 heteroatoms. The van der Waals surface area contributed by atoms with Gasteiger partial charge in [-0.05, 0) is 72.3 Å². The molecule has 306 valence electrons. The fourth-order valence-electron chi connectivity index (χ4n) is 8.31. The van der Waals surface area contributed by atoms with Gasteiger partial charge in [-0.25, -0.2) is 4.79 Å². The lowest BCUT2D eigenvalue weighted by Gasteiger charge is -2.47. The van der Waals surface area contributed by atoms with Crippen LogP contribution in [-0.4, -0.2) is 126 Å². The van der Waals surface area contributed by atoms with Gasteiger partial charge < -0.3 is 43.8 Å². The van der Waals surface area contributed by atoms with Gasteiger partial charge in [-0.1, -0.05) is 44.7 Å². The normalized spacial score (nSPS) is 36.5. The highest BCUT2D eigenvalue weighted by Gasteiger charge is 2.52. The Bertz CT molecular complexity index is 1810. The van der Waals surface area contributed by atoms with Crippen LogP contribution in [0.2, 0.25) is 0 Å². The molecule has 1 aromatic heterocycles. The molecule has 2 aromatic rings. The van der Waals surface area contributed by atoms with Crippen LogP contribution in [0.4, 0.5) is 4.79 Å². The zero-order valence-electron chi connectivity index (χ0n) is 34.1. The SMILES string of the molecule is CC[C@@H]1OC(=O)[C@H](C)C(=O)[C@H](C)[C@@H](OC2O[C@H](C)C[C@H](N(C)C)C2O)[C@@](C)(OCC#Cc2ccc3nccnc3c2)C[C@@H](C)/C(=N\OC)[C@@H](C)[C@H]2NC(=O)O[C@@H]21. The van der Waals surface area contributed by atoms with Crippen LogP contribution in [0.15, 0.2) is 35.7 Å². The number of alkyl carbamates (subject to hydrolysis) is 1. The Kier molecular flexibility index (Phi) is 14.1. The van der Waals surface area contributed by atoms with Gasteiger partial charge in [0.05, 0.1) is 40.6 Å². The number of carbonyl (C=O) groups excluding carboxylic acids is 3. The van der Waals surface area contributed by atoms with E-state index in [0.717, 1.165) is 5.52 Å². The second-order valence-electron chi connectivity index (χ2n) is 15.7. The second-order valence-corrected chi connectivity index (χ2v) is 15.7. The molecule has 13 atom stereocenters. The molecule has 0 spiro atoms. The minimum atomic E-state index is -1.32. The van der Waals surface area contributed by atoms with Gasteiger partial charge in [-0.2, -0.15) is 0 Å². The van der Waals surface area contributed by atoms with Crippen molar-refractivity contribution in [3.05, 3.63) is 36.2 Å². The van der Waals surface area contributed by atoms with E-state index >= 15 is 0 Å². The minimum absolute atomic E-state index is 0.0794. The number of cyclic esters (lactones) is 1. The standard InChI is InChI=1S/C41H57N5O10/c1-11-31-36-33(44-40(50)55-36)24(4)32(45-51-10)22(2)21-41(7,52-18-12-13-27-14-15-28-29(20-27)43-17-16-42-28)37(25(5)34(47)26(6)38(49)54-31)56-39-35(48)30(46(8)9)19-23(3)53-39/h14-17,20,22-26,30-31,33,35-37,39,48H,11,18-19,21H2,1-10H3,(H,44,50)/b45-32+/t22-,23-,24-,25+,26-,30+,31+,33-,35?,36-,37-,39?,41+/m1/s1. The number of nitrogens with one attached hydrogen (secondary N) is 1. The first-order valence-electron chi connectivity index (χ1n) is 19.4. The number of ketones is 1. The van der Waals surface area contributed by atoms with Crippen LogP contribution in [-0.2, 0) is 38.1 Å². The number of carbonyl (C=O) groups is 3. The Labute approximate surface area is 329 Å². The summed E-state index contributed by atoms with van der Waals surface area (Å²) in [5, 5.41) is 19.0. The van der Waals surface area contributed by atoms with Gasteiger partial charge in [0.2, 0.25) is 0 Å². The Balaban J connectivity index is 1.59. The molecule has 0 aliphatic carbocycles. The number of hydrogen-bond acceptors (Lipinski definition) is 14. The summed E-state index contributed by atoms with van der Waals surface area (Å²) in [6.07, 6.45) is -1.57. The molecule has 0 bridgehead atoms. The van der Waals surface area contributed by atoms with E-state index in [2.05, 4.69) is 32.3 Å². The Hall–Kier alpha value is -4.20. The highest BCUT2D eigenvalue weighted by molar-refractivity contribution is 6.00. The Morgan fingerprint density at radius 1 is 1.05 bits per heavy atom. The highest BCUT2D eigenvalue weighted by Crippen LogP contribution is 2.38. The van der Waals surface area contributed by atoms with E-state index in [1.807, 2.05) is 71.8 Å². The molecular weight excluding hydrogens is 722 g/mol. The van der Waals surface area contributed by atoms with E-state index in [1.165, 1.54) is 14.0 Å². The van der Waals surface area contributed by atoms with Gasteiger partial charge in [-0.3, -0.25) is 19.6 Å². The fourth-order valence-corrected chi connectivity index (χ4v) is 8.31. The van der Waals surface area contributed by atoms with Crippen molar-refractivity contribution in [1.82, 2.24) is 20.2 Å². The van der Waals surface area contributed by atoms with Crippen molar-refractivity contribution in [2.24, 2.45) is 28.8 Å². The van der Waals surface area contributed by atoms with Crippen LogP contribution >= 0.6 is 0 Å². The predicted molar refractivity (Wildman–Crippen MR) is 206 cm³/mol. The molecule has 2 N–H and O–H groups in total. The number of Topliss-reactive ketones (excluding diaryl/α,β-unsaturated/α-hetero) is 1. The summed E-state index contributed by atoms with van der Waals surface area (Å²) in [6, 6.07) is 4.60. The molecule has 1 aromatic carbocycles. The summed E-state index contributed by atoms with van der Waals surface area (Å²) >= 11 is 0. The molecule has 56 heavy (non-hydrogen) atoms. The number of aliphatic hydroxyl groups excluding tert-OH is 1. The molecule has 2 unspecified atom stereocenters. The third-order valence-electron chi connectivity index (χ3n) is 11.4. The number of oxime groups is 1. The second kappa shape index (κ2) is 18.4. The van der Waals surface area contributed by atoms with Gasteiger partial charge in [0.15, 0.2) is 18.2 Å². The molecule has 15 nitrogen and oxygen atoms in total. The molecule has 0 radical (unpaired) electrons. The van der Waals surface area contributed by atoms with Gasteiger partial charge in [0.1, 0.15) is 31.8 Å². The highest BCUT2D eigenvalue weighted by atomic mass is 16.7. The summed E-state index contributed by atoms with van der Waals surface area (Å²) < 4.78 is 31.4. The lowest BCUT2D eigenvalue weighted by molar-refractivity contribution is -0.296. The molecule has 5 rings (SSSR count). The molecule has 3 aliphatic heterocycles. The minimum Gasteiger partial charge on any atom is -0.458 e. The number of rotatable bonds is 7. The Morgan fingerprint density at radius 3 is 2.45 bits per heavy atom. The van der Waals surface area contributed by atoms with Gasteiger partial charge in [-0.15, -0.1) is 0 Å². The maximum Gasteiger partial charge on any atom is 0.407 e. The van der Waals surface area contributed by atoms with Crippen LogP contribution < -0.4 is 5.32 Å². The largest absolute Gasteiger partial charge is 0.458 e. The van der Waals surface area contributed by atoms with Crippen molar-refractivity contribution in [3.8, 4) is 11.8 Å². The number of aromatic nitrogens is 2. The lowest BCUT2D eigenvalue weighted by Crippen LogP contribution is -2.59. The smallest absolute Gasteiger partial charge is 0.407 e. The third-order valence-corrected chi connectivity index (χ3v) is 11.4. The van der Waals surface area contributed by atoms with Crippen LogP contribution in [0.3, 0.4) is 0 Å². The quantitative estimate of drug-likeness (QED) is 0.179. The Morgan fingerprint density at radius 2 is 1.77 bits per heavy atom. The summed E-state index contributed by atoms with van der Waals surface area (Å²) in [4.78, 5) is 56.9. The molecule has 4 heterocycles. The molecule has 3 saturated heterocycles. The van der Waals surface area contributed by atoms with Gasteiger partial charge in [0, 0.05) is 41.8 Å².